The van der Waals surface area contributed by atoms with Crippen LogP contribution in [0.2, 0.25) is 0 Å². The van der Waals surface area contributed by atoms with Gasteiger partial charge in [-0.15, -0.1) is 0 Å². The molecule has 0 aromatic carbocycles. The first kappa shape index (κ1) is 14.6. The van der Waals surface area contributed by atoms with Gasteiger partial charge in [0, 0.05) is 24.0 Å². The second kappa shape index (κ2) is 4.93. The third-order valence-corrected chi connectivity index (χ3v) is 3.30. The number of aryl methyl sites for hydroxylation is 1. The minimum Gasteiger partial charge on any atom is -0.364 e. The quantitative estimate of drug-likeness (QED) is 0.910. The van der Waals surface area contributed by atoms with Crippen LogP contribution in [-0.4, -0.2) is 43.7 Å². The molecule has 8 heteroatoms. The van der Waals surface area contributed by atoms with Crippen molar-refractivity contribution in [1.82, 2.24) is 14.8 Å². The number of alkyl halides is 2. The van der Waals surface area contributed by atoms with Crippen molar-refractivity contribution in [2.24, 2.45) is 5.10 Å². The molecule has 1 aliphatic heterocycles. The lowest BCUT2D eigenvalue weighted by atomic mass is 10.1. The Labute approximate surface area is 114 Å². The van der Waals surface area contributed by atoms with E-state index in [9.17, 15) is 18.7 Å². The van der Waals surface area contributed by atoms with E-state index in [1.807, 2.05) is 0 Å². The molecule has 1 aromatic rings. The van der Waals surface area contributed by atoms with E-state index >= 15 is 0 Å². The largest absolute Gasteiger partial charge is 0.364 e. The molecule has 1 aliphatic rings. The van der Waals surface area contributed by atoms with Crippen molar-refractivity contribution in [1.29, 1.82) is 0 Å². The second-order valence-corrected chi connectivity index (χ2v) is 4.93. The summed E-state index contributed by atoms with van der Waals surface area (Å²) in [6, 6.07) is 0.867. The van der Waals surface area contributed by atoms with Gasteiger partial charge in [0.1, 0.15) is 6.04 Å². The van der Waals surface area contributed by atoms with E-state index in [2.05, 4.69) is 10.2 Å². The van der Waals surface area contributed by atoms with E-state index in [4.69, 9.17) is 0 Å². The van der Waals surface area contributed by atoms with Gasteiger partial charge in [-0.25, -0.2) is 8.78 Å². The van der Waals surface area contributed by atoms with Gasteiger partial charge in [0.05, 0.1) is 0 Å². The van der Waals surface area contributed by atoms with Gasteiger partial charge in [-0.2, -0.15) is 15.2 Å². The molecule has 0 fully saturated rings. The van der Waals surface area contributed by atoms with Crippen LogP contribution in [0.4, 0.5) is 8.78 Å². The SMILES string of the molecule is CC1=NN(C(=O)[C@H](C)n2nccc2C)[C@@](O)(C(F)F)C1. The zero-order valence-electron chi connectivity index (χ0n) is 11.4. The van der Waals surface area contributed by atoms with E-state index < -0.39 is 24.1 Å². The number of carbonyl (C=O) groups is 1. The molecule has 1 N–H and O–H groups in total. The first-order valence-electron chi connectivity index (χ1n) is 6.16. The Bertz CT molecular complexity index is 557. The first-order chi connectivity index (χ1) is 9.27. The van der Waals surface area contributed by atoms with Crippen LogP contribution in [0.1, 0.15) is 32.0 Å². The van der Waals surface area contributed by atoms with E-state index in [-0.39, 0.29) is 12.1 Å². The van der Waals surface area contributed by atoms with Crippen molar-refractivity contribution >= 4 is 11.6 Å². The summed E-state index contributed by atoms with van der Waals surface area (Å²) >= 11 is 0. The molecule has 0 aliphatic carbocycles. The summed E-state index contributed by atoms with van der Waals surface area (Å²) in [5.41, 5.74) is -1.58. The molecular formula is C12H16F2N4O2. The maximum atomic E-state index is 13.1. The zero-order chi connectivity index (χ0) is 15.1. The Morgan fingerprint density at radius 2 is 2.15 bits per heavy atom. The summed E-state index contributed by atoms with van der Waals surface area (Å²) in [7, 11) is 0. The Balaban J connectivity index is 2.30. The summed E-state index contributed by atoms with van der Waals surface area (Å²) in [6.45, 7) is 4.76. The Morgan fingerprint density at radius 1 is 1.50 bits per heavy atom. The summed E-state index contributed by atoms with van der Waals surface area (Å²) in [4.78, 5) is 12.3. The number of rotatable bonds is 3. The molecule has 0 saturated heterocycles. The molecule has 0 saturated carbocycles. The molecule has 0 bridgehead atoms. The smallest absolute Gasteiger partial charge is 0.287 e. The van der Waals surface area contributed by atoms with Crippen molar-refractivity contribution in [3.63, 3.8) is 0 Å². The van der Waals surface area contributed by atoms with Crippen molar-refractivity contribution in [2.45, 2.75) is 45.4 Å². The number of amides is 1. The average Bonchev–Trinajstić information content (AvgIpc) is 2.92. The van der Waals surface area contributed by atoms with Gasteiger partial charge in [-0.3, -0.25) is 9.48 Å². The lowest BCUT2D eigenvalue weighted by Crippen LogP contribution is -2.53. The Morgan fingerprint density at radius 3 is 2.65 bits per heavy atom. The van der Waals surface area contributed by atoms with E-state index in [0.717, 1.165) is 0 Å². The standard InChI is InChI=1S/C12H16F2N4O2/c1-7-6-12(20,11(13)14)18(16-7)10(19)9(3)17-8(2)4-5-15-17/h4-5,9,11,20H,6H2,1-3H3/t9-,12-/m0/s1. The van der Waals surface area contributed by atoms with Gasteiger partial charge in [0.25, 0.3) is 12.3 Å². The van der Waals surface area contributed by atoms with E-state index in [0.29, 0.717) is 10.7 Å². The Hall–Kier alpha value is -1.83. The molecule has 110 valence electrons. The molecule has 0 spiro atoms. The van der Waals surface area contributed by atoms with Crippen LogP contribution >= 0.6 is 0 Å². The molecular weight excluding hydrogens is 270 g/mol. The highest BCUT2D eigenvalue weighted by Crippen LogP contribution is 2.33. The molecule has 2 atom stereocenters. The fraction of sp³-hybridized carbons (Fsp3) is 0.583. The maximum absolute atomic E-state index is 13.1. The molecule has 1 aromatic heterocycles. The van der Waals surface area contributed by atoms with Gasteiger partial charge < -0.3 is 5.11 Å². The van der Waals surface area contributed by atoms with E-state index in [1.165, 1.54) is 24.7 Å². The van der Waals surface area contributed by atoms with Crippen molar-refractivity contribution < 1.29 is 18.7 Å². The fourth-order valence-corrected chi connectivity index (χ4v) is 2.22. The lowest BCUT2D eigenvalue weighted by Gasteiger charge is -2.31. The second-order valence-electron chi connectivity index (χ2n) is 4.93. The molecule has 0 radical (unpaired) electrons. The monoisotopic (exact) mass is 286 g/mol. The molecule has 2 heterocycles. The predicted octanol–water partition coefficient (Wildman–Crippen LogP) is 1.31. The predicted molar refractivity (Wildman–Crippen MR) is 67.2 cm³/mol. The number of halogens is 2. The minimum absolute atomic E-state index is 0.283. The third-order valence-electron chi connectivity index (χ3n) is 3.30. The van der Waals surface area contributed by atoms with Gasteiger partial charge in [-0.1, -0.05) is 0 Å². The summed E-state index contributed by atoms with van der Waals surface area (Å²) in [5.74, 6) is -0.726. The van der Waals surface area contributed by atoms with Crippen LogP contribution < -0.4 is 0 Å². The molecule has 2 rings (SSSR count). The highest BCUT2D eigenvalue weighted by Gasteiger charge is 2.51. The number of hydrogen-bond donors (Lipinski definition) is 1. The molecule has 0 unspecified atom stereocenters. The van der Waals surface area contributed by atoms with Crippen LogP contribution in [-0.2, 0) is 4.79 Å². The number of hydrogen-bond acceptors (Lipinski definition) is 4. The van der Waals surface area contributed by atoms with Crippen molar-refractivity contribution in [2.75, 3.05) is 0 Å². The highest BCUT2D eigenvalue weighted by molar-refractivity contribution is 5.90. The number of hydrazone groups is 1. The minimum atomic E-state index is -3.10. The number of nitrogens with zero attached hydrogens (tertiary/aromatic N) is 4. The number of carbonyl (C=O) groups excluding carboxylic acids is 1. The van der Waals surface area contributed by atoms with Crippen LogP contribution in [0.15, 0.2) is 17.4 Å². The van der Waals surface area contributed by atoms with Crippen LogP contribution in [0.3, 0.4) is 0 Å². The van der Waals surface area contributed by atoms with Gasteiger partial charge in [0.2, 0.25) is 5.72 Å². The third kappa shape index (κ3) is 2.20. The topological polar surface area (TPSA) is 70.7 Å². The average molecular weight is 286 g/mol. The summed E-state index contributed by atoms with van der Waals surface area (Å²) in [6.07, 6.45) is -1.95. The zero-order valence-corrected chi connectivity index (χ0v) is 11.4. The van der Waals surface area contributed by atoms with Crippen molar-refractivity contribution in [3.05, 3.63) is 18.0 Å². The van der Waals surface area contributed by atoms with Crippen LogP contribution in [0.25, 0.3) is 0 Å². The van der Waals surface area contributed by atoms with Crippen LogP contribution in [0, 0.1) is 6.92 Å². The van der Waals surface area contributed by atoms with Gasteiger partial charge in [0.15, 0.2) is 0 Å². The molecule has 20 heavy (non-hydrogen) atoms. The summed E-state index contributed by atoms with van der Waals surface area (Å²) in [5, 5.41) is 18.2. The maximum Gasteiger partial charge on any atom is 0.287 e. The number of aliphatic hydroxyl groups is 1. The van der Waals surface area contributed by atoms with E-state index in [1.54, 1.807) is 13.0 Å². The Kier molecular flexibility index (Phi) is 3.59. The lowest BCUT2D eigenvalue weighted by molar-refractivity contribution is -0.194. The molecule has 6 nitrogen and oxygen atoms in total. The fourth-order valence-electron chi connectivity index (χ4n) is 2.22. The normalized spacial score (nSPS) is 24.1. The van der Waals surface area contributed by atoms with Gasteiger partial charge >= 0.3 is 0 Å². The van der Waals surface area contributed by atoms with Crippen LogP contribution in [0.5, 0.6) is 0 Å². The van der Waals surface area contributed by atoms with Gasteiger partial charge in [-0.05, 0) is 26.8 Å². The first-order valence-corrected chi connectivity index (χ1v) is 6.16. The highest BCUT2D eigenvalue weighted by atomic mass is 19.3. The number of aromatic nitrogens is 2. The molecule has 1 amide bonds. The van der Waals surface area contributed by atoms with Crippen molar-refractivity contribution in [3.8, 4) is 0 Å². The summed E-state index contributed by atoms with van der Waals surface area (Å²) < 4.78 is 27.5.